The Bertz CT molecular complexity index is 4280. The van der Waals surface area contributed by atoms with Crippen molar-refractivity contribution in [2.75, 3.05) is 11.5 Å². The predicted octanol–water partition coefficient (Wildman–Crippen LogP) is 20.6. The quantitative estimate of drug-likeness (QED) is 0.0797. The van der Waals surface area contributed by atoms with Crippen LogP contribution in [0.15, 0.2) is 254 Å². The fraction of sp³-hybridized carbons (Fsp3) is 0.302. The lowest BCUT2D eigenvalue weighted by molar-refractivity contribution is 0.0232. The number of nitrogens with zero attached hydrogens (tertiary/aromatic N) is 2. The SMILES string of the molecule is C=CC1=CCC(C2=CCC(OCC(C)CCC(C)CC34c5cc(C)ccc5-c5c(N(C6=CCC(c7ccccc7)C=C6)c6ccc(-c7ccc8c(c7)c7c(n8-c8ccccc8)=CCC(C8=CCC(C=C)C=C8)C=7)cc6)ccc(c53)C3C=CC=CC34)CC2)CC1. The summed E-state index contributed by atoms with van der Waals surface area (Å²) in [5, 5.41) is 3.91. The van der Waals surface area contributed by atoms with Crippen LogP contribution in [-0.2, 0) is 10.2 Å². The molecule has 8 aliphatic carbocycles. The Labute approximate surface area is 529 Å². The molecule has 6 aromatic carbocycles. The normalized spacial score (nSPS) is 25.0. The summed E-state index contributed by atoms with van der Waals surface area (Å²) in [6, 6.07) is 51.1. The molecule has 8 aliphatic rings. The second-order valence-corrected chi connectivity index (χ2v) is 27.5. The minimum Gasteiger partial charge on any atom is -0.378 e. The van der Waals surface area contributed by atoms with Gasteiger partial charge in [0.1, 0.15) is 0 Å². The highest BCUT2D eigenvalue weighted by Crippen LogP contribution is 2.68. The van der Waals surface area contributed by atoms with Crippen LogP contribution in [0.3, 0.4) is 0 Å². The summed E-state index contributed by atoms with van der Waals surface area (Å²) < 4.78 is 9.23. The average molecular weight is 1160 g/mol. The van der Waals surface area contributed by atoms with E-state index in [-0.39, 0.29) is 5.41 Å². The van der Waals surface area contributed by atoms with Crippen LogP contribution in [0.4, 0.5) is 11.4 Å². The van der Waals surface area contributed by atoms with Gasteiger partial charge in [0.15, 0.2) is 0 Å². The molecule has 446 valence electrons. The van der Waals surface area contributed by atoms with Gasteiger partial charge in [-0.3, -0.25) is 0 Å². The Balaban J connectivity index is 0.765. The summed E-state index contributed by atoms with van der Waals surface area (Å²) in [4.78, 5) is 2.61. The van der Waals surface area contributed by atoms with Crippen molar-refractivity contribution in [1.29, 1.82) is 0 Å². The summed E-state index contributed by atoms with van der Waals surface area (Å²) in [5.41, 5.74) is 23.0. The maximum atomic E-state index is 6.75. The number of allylic oxidation sites excluding steroid dienone is 16. The van der Waals surface area contributed by atoms with Gasteiger partial charge in [0.2, 0.25) is 0 Å². The molecule has 0 spiro atoms. The van der Waals surface area contributed by atoms with E-state index in [4.69, 9.17) is 4.74 Å². The van der Waals surface area contributed by atoms with Crippen molar-refractivity contribution in [2.24, 2.45) is 35.5 Å². The average Bonchev–Trinajstić information content (AvgIpc) is 1.67. The molecule has 10 atom stereocenters. The second-order valence-electron chi connectivity index (χ2n) is 27.5. The predicted molar refractivity (Wildman–Crippen MR) is 375 cm³/mol. The number of hydrogen-bond donors (Lipinski definition) is 0. The molecule has 1 aromatic heterocycles. The Kier molecular flexibility index (Phi) is 15.6. The largest absolute Gasteiger partial charge is 0.378 e. The lowest BCUT2D eigenvalue weighted by Crippen LogP contribution is -2.34. The summed E-state index contributed by atoms with van der Waals surface area (Å²) in [7, 11) is 0. The Morgan fingerprint density at radius 3 is 2.26 bits per heavy atom. The molecule has 0 radical (unpaired) electrons. The number of aromatic nitrogens is 1. The first-order chi connectivity index (χ1) is 43.7. The fourth-order valence-corrected chi connectivity index (χ4v) is 17.2. The van der Waals surface area contributed by atoms with Crippen LogP contribution in [0.5, 0.6) is 0 Å². The molecule has 0 aliphatic heterocycles. The number of benzene rings is 6. The molecule has 0 fully saturated rings. The van der Waals surface area contributed by atoms with Gasteiger partial charge in [-0.25, -0.2) is 0 Å². The third-order valence-electron chi connectivity index (χ3n) is 21.9. The molecular formula is C86H86N2O. The van der Waals surface area contributed by atoms with Crippen molar-refractivity contribution in [3.63, 3.8) is 0 Å². The van der Waals surface area contributed by atoms with Gasteiger partial charge in [-0.2, -0.15) is 0 Å². The van der Waals surface area contributed by atoms with Crippen LogP contribution >= 0.6 is 0 Å². The van der Waals surface area contributed by atoms with Gasteiger partial charge in [0.25, 0.3) is 0 Å². The Morgan fingerprint density at radius 2 is 1.51 bits per heavy atom. The molecule has 3 heteroatoms. The van der Waals surface area contributed by atoms with E-state index >= 15 is 0 Å². The molecule has 0 bridgehead atoms. The molecule has 0 amide bonds. The summed E-state index contributed by atoms with van der Waals surface area (Å²) >= 11 is 0. The lowest BCUT2D eigenvalue weighted by Gasteiger charge is -2.38. The topological polar surface area (TPSA) is 17.4 Å². The molecule has 0 saturated carbocycles. The number of hydrogen-bond acceptors (Lipinski definition) is 2. The zero-order valence-electron chi connectivity index (χ0n) is 52.5. The van der Waals surface area contributed by atoms with Crippen molar-refractivity contribution in [3.8, 4) is 27.9 Å². The van der Waals surface area contributed by atoms with E-state index < -0.39 is 0 Å². The van der Waals surface area contributed by atoms with Crippen LogP contribution in [0.1, 0.15) is 131 Å². The summed E-state index contributed by atoms with van der Waals surface area (Å²) in [6.07, 6.45) is 52.1. The number of ether oxygens (including phenoxy) is 1. The summed E-state index contributed by atoms with van der Waals surface area (Å²) in [6.45, 7) is 16.2. The van der Waals surface area contributed by atoms with Crippen LogP contribution in [-0.4, -0.2) is 17.3 Å². The summed E-state index contributed by atoms with van der Waals surface area (Å²) in [5.74, 6) is 3.46. The standard InChI is InChI=1S/C86H86N2O/c1-6-60-25-29-63(30-26-60)65-37-45-73(46-38-65)89-56-59(5)23-22-58(4)55-86-79-21-15-14-20-74(79)75-48-51-83(84(85(75)86)76-47-24-57(3)52-80(76)86)87(71-41-33-64(34-42-71)62-16-10-8-11-17-62)72-43-35-67(36-44-72)69-40-50-82-78(54-69)77-53-68(66-31-27-61(7-2)28-32-66)39-49-81(77)88(82)70-18-12-9-13-19-70/h6-21,24-25,27,31-33,35-37,40-44,47-54,58-59,61,63-64,68,73-74,79H,1-2,22-23,26,28-30,34,38-39,45-46,55-56H2,3-5H3. The fourth-order valence-electron chi connectivity index (χ4n) is 17.2. The molecular weight excluding hydrogens is 1080 g/mol. The first-order valence-corrected chi connectivity index (χ1v) is 33.8. The molecule has 3 nitrogen and oxygen atoms in total. The van der Waals surface area contributed by atoms with Gasteiger partial charge >= 0.3 is 0 Å². The highest BCUT2D eigenvalue weighted by Gasteiger charge is 2.58. The number of aryl methyl sites for hydroxylation is 1. The van der Waals surface area contributed by atoms with Crippen LogP contribution < -0.4 is 15.5 Å². The zero-order valence-corrected chi connectivity index (χ0v) is 52.5. The monoisotopic (exact) mass is 1160 g/mol. The molecule has 10 unspecified atom stereocenters. The van der Waals surface area contributed by atoms with Crippen LogP contribution in [0.2, 0.25) is 0 Å². The molecule has 0 saturated heterocycles. The van der Waals surface area contributed by atoms with Gasteiger partial charge in [-0.05, 0) is 194 Å². The van der Waals surface area contributed by atoms with Crippen molar-refractivity contribution < 1.29 is 4.74 Å². The second kappa shape index (κ2) is 24.3. The maximum absolute atomic E-state index is 6.75. The number of fused-ring (bicyclic) bond motifs is 9. The number of para-hydroxylation sites is 1. The molecule has 15 rings (SSSR count). The number of rotatable bonds is 18. The van der Waals surface area contributed by atoms with Gasteiger partial charge in [-0.15, -0.1) is 6.58 Å². The van der Waals surface area contributed by atoms with E-state index in [1.165, 1.54) is 138 Å². The maximum Gasteiger partial charge on any atom is 0.0612 e. The van der Waals surface area contributed by atoms with Gasteiger partial charge < -0.3 is 14.2 Å². The number of anilines is 2. The van der Waals surface area contributed by atoms with E-state index in [0.717, 1.165) is 45.1 Å². The highest BCUT2D eigenvalue weighted by atomic mass is 16.5. The third-order valence-corrected chi connectivity index (χ3v) is 21.9. The molecule has 0 N–H and O–H groups in total. The Hall–Kier alpha value is -8.24. The van der Waals surface area contributed by atoms with Gasteiger partial charge in [0, 0.05) is 74.3 Å². The van der Waals surface area contributed by atoms with Crippen molar-refractivity contribution in [1.82, 2.24) is 4.57 Å². The van der Waals surface area contributed by atoms with E-state index in [1.54, 1.807) is 11.1 Å². The van der Waals surface area contributed by atoms with Crippen molar-refractivity contribution >= 4 is 34.4 Å². The van der Waals surface area contributed by atoms with E-state index in [9.17, 15) is 0 Å². The Morgan fingerprint density at radius 1 is 0.697 bits per heavy atom. The highest BCUT2D eigenvalue weighted by molar-refractivity contribution is 5.97. The molecule has 7 aromatic rings. The van der Waals surface area contributed by atoms with E-state index in [2.05, 4.69) is 268 Å². The van der Waals surface area contributed by atoms with Crippen molar-refractivity contribution in [3.05, 3.63) is 292 Å². The zero-order chi connectivity index (χ0) is 60.2. The molecule has 1 heterocycles. The minimum atomic E-state index is -0.156. The van der Waals surface area contributed by atoms with E-state index in [0.29, 0.717) is 53.4 Å². The van der Waals surface area contributed by atoms with Crippen LogP contribution in [0, 0.1) is 42.4 Å². The first-order valence-electron chi connectivity index (χ1n) is 33.8. The lowest BCUT2D eigenvalue weighted by atomic mass is 9.64. The minimum absolute atomic E-state index is 0.156. The van der Waals surface area contributed by atoms with Crippen molar-refractivity contribution in [2.45, 2.75) is 121 Å². The smallest absolute Gasteiger partial charge is 0.0612 e. The van der Waals surface area contributed by atoms with Gasteiger partial charge in [-0.1, -0.05) is 226 Å². The van der Waals surface area contributed by atoms with Gasteiger partial charge in [0.05, 0.1) is 17.3 Å². The van der Waals surface area contributed by atoms with E-state index in [1.807, 2.05) is 6.08 Å². The third kappa shape index (κ3) is 10.6. The molecule has 89 heavy (non-hydrogen) atoms. The first kappa shape index (κ1) is 57.2. The van der Waals surface area contributed by atoms with Crippen LogP contribution in [0.25, 0.3) is 51.0 Å².